The summed E-state index contributed by atoms with van der Waals surface area (Å²) in [6.07, 6.45) is 0.339. The number of nitrogens with one attached hydrogen (secondary N) is 3. The zero-order valence-electron chi connectivity index (χ0n) is 22.5. The molecule has 0 aliphatic heterocycles. The van der Waals surface area contributed by atoms with E-state index in [-0.39, 0.29) is 5.56 Å². The van der Waals surface area contributed by atoms with Gasteiger partial charge in [-0.25, -0.2) is 18.0 Å². The molecule has 0 saturated heterocycles. The first kappa shape index (κ1) is 30.7. The molecule has 2 amide bonds. The zero-order chi connectivity index (χ0) is 29.2. The number of hydrogen-bond acceptors (Lipinski definition) is 7. The van der Waals surface area contributed by atoms with Crippen molar-refractivity contribution >= 4 is 33.7 Å². The van der Waals surface area contributed by atoms with Gasteiger partial charge in [0.15, 0.2) is 0 Å². The number of ether oxygens (including phenoxy) is 2. The van der Waals surface area contributed by atoms with Crippen molar-refractivity contribution in [3.63, 3.8) is 0 Å². The minimum atomic E-state index is -3.35. The fourth-order valence-electron chi connectivity index (χ4n) is 3.06. The molecule has 0 fully saturated rings. The smallest absolute Gasteiger partial charge is 0.407 e. The predicted octanol–water partition coefficient (Wildman–Crippen LogP) is 2.65. The third-order valence-corrected chi connectivity index (χ3v) is 5.40. The van der Waals surface area contributed by atoms with Gasteiger partial charge in [-0.05, 0) is 88.1 Å². The Kier molecular flexibility index (Phi) is 10.5. The summed E-state index contributed by atoms with van der Waals surface area (Å²) >= 11 is 0. The van der Waals surface area contributed by atoms with Gasteiger partial charge in [-0.3, -0.25) is 9.52 Å². The SMILES string of the molecule is COC(=O)C(NC(=O)c1ccc(C#CC#Cc2ccc(NS(C)(=O)=O)cc2)cc1)C(C)NC(=O)OC(C)(C)C. The largest absolute Gasteiger partial charge is 0.467 e. The molecule has 3 N–H and O–H groups in total. The maximum Gasteiger partial charge on any atom is 0.407 e. The van der Waals surface area contributed by atoms with Crippen LogP contribution in [0.5, 0.6) is 0 Å². The fourth-order valence-corrected chi connectivity index (χ4v) is 3.63. The Bertz CT molecular complexity index is 1420. The zero-order valence-corrected chi connectivity index (χ0v) is 23.4. The Morgan fingerprint density at radius 2 is 1.38 bits per heavy atom. The number of amides is 2. The highest BCUT2D eigenvalue weighted by atomic mass is 32.2. The molecule has 2 rings (SSSR count). The van der Waals surface area contributed by atoms with Crippen molar-refractivity contribution in [3.8, 4) is 23.7 Å². The van der Waals surface area contributed by atoms with Gasteiger partial charge >= 0.3 is 12.1 Å². The first-order valence-corrected chi connectivity index (χ1v) is 13.6. The maximum atomic E-state index is 12.8. The van der Waals surface area contributed by atoms with Crippen molar-refractivity contribution in [1.82, 2.24) is 10.6 Å². The van der Waals surface area contributed by atoms with Crippen LogP contribution in [0.2, 0.25) is 0 Å². The van der Waals surface area contributed by atoms with Crippen LogP contribution in [0.4, 0.5) is 10.5 Å². The molecule has 0 aliphatic carbocycles. The topological polar surface area (TPSA) is 140 Å². The fraction of sp³-hybridized carbons (Fsp3) is 0.321. The Balaban J connectivity index is 2.03. The standard InChI is InChI=1S/C28H31N3O7S/c1-19(29-27(34)38-28(2,3)4)24(26(33)37-5)30-25(32)22-15-11-20(12-16-22)9-7-8-10-21-13-17-23(18-14-21)31-39(6,35)36/h11-19,24,31H,1-6H3,(H,29,34)(H,30,32). The van der Waals surface area contributed by atoms with E-state index in [1.807, 2.05) is 0 Å². The van der Waals surface area contributed by atoms with Crippen LogP contribution in [0, 0.1) is 23.7 Å². The molecule has 2 unspecified atom stereocenters. The highest BCUT2D eigenvalue weighted by Gasteiger charge is 2.30. The molecule has 0 radical (unpaired) electrons. The van der Waals surface area contributed by atoms with Gasteiger partial charge < -0.3 is 20.1 Å². The van der Waals surface area contributed by atoms with Crippen LogP contribution >= 0.6 is 0 Å². The first-order chi connectivity index (χ1) is 18.2. The van der Waals surface area contributed by atoms with Crippen molar-refractivity contribution in [2.45, 2.75) is 45.4 Å². The highest BCUT2D eigenvalue weighted by Crippen LogP contribution is 2.11. The van der Waals surface area contributed by atoms with Gasteiger partial charge in [0.1, 0.15) is 11.6 Å². The van der Waals surface area contributed by atoms with E-state index in [4.69, 9.17) is 9.47 Å². The molecule has 206 valence electrons. The third kappa shape index (κ3) is 11.2. The Morgan fingerprint density at radius 1 is 0.872 bits per heavy atom. The van der Waals surface area contributed by atoms with E-state index in [1.165, 1.54) is 7.11 Å². The van der Waals surface area contributed by atoms with E-state index in [9.17, 15) is 22.8 Å². The number of sulfonamides is 1. The first-order valence-electron chi connectivity index (χ1n) is 11.7. The molecule has 10 nitrogen and oxygen atoms in total. The number of esters is 1. The summed E-state index contributed by atoms with van der Waals surface area (Å²) in [5.41, 5.74) is 1.25. The molecule has 2 aromatic rings. The Hall–Kier alpha value is -4.48. The normalized spacial score (nSPS) is 12.3. The van der Waals surface area contributed by atoms with Crippen LogP contribution in [0.3, 0.4) is 0 Å². The molecule has 0 aromatic heterocycles. The van der Waals surface area contributed by atoms with Gasteiger partial charge in [-0.1, -0.05) is 11.8 Å². The van der Waals surface area contributed by atoms with Crippen molar-refractivity contribution < 1.29 is 32.3 Å². The van der Waals surface area contributed by atoms with Gasteiger partial charge in [-0.15, -0.1) is 0 Å². The van der Waals surface area contributed by atoms with Crippen LogP contribution in [0.25, 0.3) is 0 Å². The van der Waals surface area contributed by atoms with E-state index in [0.717, 1.165) is 6.26 Å². The van der Waals surface area contributed by atoms with E-state index in [0.29, 0.717) is 16.8 Å². The van der Waals surface area contributed by atoms with Crippen molar-refractivity contribution in [2.24, 2.45) is 0 Å². The molecular weight excluding hydrogens is 522 g/mol. The van der Waals surface area contributed by atoms with Gasteiger partial charge in [0.05, 0.1) is 19.4 Å². The molecule has 2 aromatic carbocycles. The third-order valence-electron chi connectivity index (χ3n) is 4.80. The molecular formula is C28H31N3O7S. The minimum absolute atomic E-state index is 0.271. The van der Waals surface area contributed by atoms with E-state index in [1.54, 1.807) is 76.2 Å². The van der Waals surface area contributed by atoms with Gasteiger partial charge in [0, 0.05) is 22.4 Å². The number of benzene rings is 2. The summed E-state index contributed by atoms with van der Waals surface area (Å²) in [4.78, 5) is 37.1. The summed E-state index contributed by atoms with van der Waals surface area (Å²) in [6.45, 7) is 6.67. The second kappa shape index (κ2) is 13.4. The molecule has 0 saturated carbocycles. The second-order valence-corrected chi connectivity index (χ2v) is 11.2. The molecule has 2 atom stereocenters. The van der Waals surface area contributed by atoms with Crippen LogP contribution in [-0.2, 0) is 24.3 Å². The minimum Gasteiger partial charge on any atom is -0.467 e. The summed E-state index contributed by atoms with van der Waals surface area (Å²) < 4.78 is 34.9. The number of carbonyl (C=O) groups excluding carboxylic acids is 3. The van der Waals surface area contributed by atoms with Crippen molar-refractivity contribution in [2.75, 3.05) is 18.1 Å². The van der Waals surface area contributed by atoms with E-state index >= 15 is 0 Å². The average Bonchev–Trinajstić information content (AvgIpc) is 2.83. The van der Waals surface area contributed by atoms with E-state index < -0.39 is 45.7 Å². The summed E-state index contributed by atoms with van der Waals surface area (Å²) in [6, 6.07) is 10.9. The lowest BCUT2D eigenvalue weighted by atomic mass is 10.1. The van der Waals surface area contributed by atoms with Crippen LogP contribution in [0.15, 0.2) is 48.5 Å². The molecule has 0 heterocycles. The molecule has 0 aliphatic rings. The van der Waals surface area contributed by atoms with Gasteiger partial charge in [-0.2, -0.15) is 0 Å². The number of carbonyl (C=O) groups is 3. The number of alkyl carbamates (subject to hydrolysis) is 1. The van der Waals surface area contributed by atoms with Crippen LogP contribution in [0.1, 0.15) is 49.2 Å². The number of hydrogen-bond donors (Lipinski definition) is 3. The molecule has 0 bridgehead atoms. The van der Waals surface area contributed by atoms with Gasteiger partial charge in [0.2, 0.25) is 10.0 Å². The quantitative estimate of drug-likeness (QED) is 0.354. The lowest BCUT2D eigenvalue weighted by molar-refractivity contribution is -0.143. The second-order valence-electron chi connectivity index (χ2n) is 9.44. The Morgan fingerprint density at radius 3 is 1.85 bits per heavy atom. The molecule has 39 heavy (non-hydrogen) atoms. The van der Waals surface area contributed by atoms with Gasteiger partial charge in [0.25, 0.3) is 5.91 Å². The monoisotopic (exact) mass is 553 g/mol. The average molecular weight is 554 g/mol. The van der Waals surface area contributed by atoms with Crippen LogP contribution in [-0.4, -0.2) is 57.4 Å². The lowest BCUT2D eigenvalue weighted by Gasteiger charge is -2.26. The number of anilines is 1. The number of methoxy groups -OCH3 is 1. The highest BCUT2D eigenvalue weighted by molar-refractivity contribution is 7.92. The number of rotatable bonds is 7. The predicted molar refractivity (Wildman–Crippen MR) is 147 cm³/mol. The Labute approximate surface area is 228 Å². The van der Waals surface area contributed by atoms with Crippen molar-refractivity contribution in [1.29, 1.82) is 0 Å². The van der Waals surface area contributed by atoms with Crippen LogP contribution < -0.4 is 15.4 Å². The molecule has 0 spiro atoms. The molecule has 11 heteroatoms. The maximum absolute atomic E-state index is 12.8. The summed E-state index contributed by atoms with van der Waals surface area (Å²) in [5, 5.41) is 5.11. The van der Waals surface area contributed by atoms with E-state index in [2.05, 4.69) is 39.0 Å². The summed E-state index contributed by atoms with van der Waals surface area (Å²) in [7, 11) is -2.17. The van der Waals surface area contributed by atoms with Crippen molar-refractivity contribution in [3.05, 3.63) is 65.2 Å². The summed E-state index contributed by atoms with van der Waals surface area (Å²) in [5.74, 6) is 9.89. The lowest BCUT2D eigenvalue weighted by Crippen LogP contribution is -2.55.